The van der Waals surface area contributed by atoms with Crippen LogP contribution in [0, 0.1) is 0 Å². The number of aliphatic hydroxyl groups excluding tert-OH is 1. The Morgan fingerprint density at radius 3 is 2.31 bits per heavy atom. The maximum absolute atomic E-state index is 10.3. The normalized spacial score (nSPS) is 17.2. The largest absolute Gasteiger partial charge is 0.387 e. The average Bonchev–Trinajstić information content (AvgIpc) is 3.06. The van der Waals surface area contributed by atoms with Crippen LogP contribution in [-0.4, -0.2) is 34.2 Å². The fourth-order valence-electron chi connectivity index (χ4n) is 4.25. The summed E-state index contributed by atoms with van der Waals surface area (Å²) >= 11 is 6.10. The monoisotopic (exact) mass is 472 g/mol. The second-order valence-electron chi connectivity index (χ2n) is 8.46. The zero-order chi connectivity index (χ0) is 22.0. The lowest BCUT2D eigenvalue weighted by Crippen LogP contribution is -2.32. The molecule has 0 radical (unpaired) electrons. The van der Waals surface area contributed by atoms with Crippen LogP contribution in [0.4, 0.5) is 11.4 Å². The average molecular weight is 473 g/mol. The van der Waals surface area contributed by atoms with Gasteiger partial charge in [-0.1, -0.05) is 44.5 Å². The number of aromatic nitrogens is 2. The minimum Gasteiger partial charge on any atom is -0.387 e. The van der Waals surface area contributed by atoms with Crippen molar-refractivity contribution >= 4 is 35.4 Å². The van der Waals surface area contributed by atoms with Crippen LogP contribution in [-0.2, 0) is 0 Å². The van der Waals surface area contributed by atoms with E-state index in [1.807, 2.05) is 24.3 Å². The quantitative estimate of drug-likeness (QED) is 0.448. The molecule has 4 rings (SSSR count). The predicted octanol–water partition coefficient (Wildman–Crippen LogP) is 5.90. The first-order valence-corrected chi connectivity index (χ1v) is 11.2. The van der Waals surface area contributed by atoms with Crippen molar-refractivity contribution in [1.29, 1.82) is 0 Å². The van der Waals surface area contributed by atoms with Crippen molar-refractivity contribution in [2.24, 2.45) is 0 Å². The molecule has 0 saturated carbocycles. The molecule has 32 heavy (non-hydrogen) atoms. The Balaban J connectivity index is 0.00000289. The SMILES string of the molecule is CC(C)NCCN(c1ccc(Cl)cc1)c1ccc(-c2ncnc3c2[C@H](C)C[C@H]3O)cc1.Cl. The van der Waals surface area contributed by atoms with Gasteiger partial charge in [0.1, 0.15) is 6.33 Å². The summed E-state index contributed by atoms with van der Waals surface area (Å²) in [5.74, 6) is 0.244. The first-order valence-electron chi connectivity index (χ1n) is 10.8. The van der Waals surface area contributed by atoms with E-state index in [2.05, 4.69) is 65.2 Å². The molecular weight excluding hydrogens is 443 g/mol. The summed E-state index contributed by atoms with van der Waals surface area (Å²) in [6, 6.07) is 16.8. The van der Waals surface area contributed by atoms with E-state index >= 15 is 0 Å². The van der Waals surface area contributed by atoms with Gasteiger partial charge in [-0.25, -0.2) is 9.97 Å². The summed E-state index contributed by atoms with van der Waals surface area (Å²) in [4.78, 5) is 11.2. The molecule has 7 heteroatoms. The van der Waals surface area contributed by atoms with Crippen LogP contribution in [0.3, 0.4) is 0 Å². The molecule has 1 aliphatic rings. The molecule has 0 aliphatic heterocycles. The molecule has 0 spiro atoms. The molecule has 0 fully saturated rings. The molecule has 0 saturated heterocycles. The fourth-order valence-corrected chi connectivity index (χ4v) is 4.37. The highest BCUT2D eigenvalue weighted by atomic mass is 35.5. The number of hydrogen-bond donors (Lipinski definition) is 2. The summed E-state index contributed by atoms with van der Waals surface area (Å²) in [5.41, 5.74) is 6.00. The lowest BCUT2D eigenvalue weighted by atomic mass is 9.98. The minimum absolute atomic E-state index is 0. The maximum Gasteiger partial charge on any atom is 0.116 e. The lowest BCUT2D eigenvalue weighted by Gasteiger charge is -2.26. The second-order valence-corrected chi connectivity index (χ2v) is 8.89. The van der Waals surface area contributed by atoms with Gasteiger partial charge in [0.05, 0.1) is 17.5 Å². The van der Waals surface area contributed by atoms with E-state index in [0.717, 1.165) is 52.0 Å². The standard InChI is InChI=1S/C25H29ClN4O.ClH/c1-16(2)27-12-13-30(21-10-6-19(26)7-11-21)20-8-4-18(5-9-20)24-23-17(3)14-22(31)25(23)29-15-28-24;/h4-11,15-17,22,27,31H,12-14H2,1-3H3;1H/t17-,22-;/m1./s1. The molecule has 0 unspecified atom stereocenters. The molecule has 2 N–H and O–H groups in total. The number of anilines is 2. The molecule has 0 bridgehead atoms. The smallest absolute Gasteiger partial charge is 0.116 e. The second kappa shape index (κ2) is 10.6. The zero-order valence-electron chi connectivity index (χ0n) is 18.6. The van der Waals surface area contributed by atoms with Gasteiger partial charge in [-0.05, 0) is 48.7 Å². The van der Waals surface area contributed by atoms with Crippen molar-refractivity contribution in [2.75, 3.05) is 18.0 Å². The van der Waals surface area contributed by atoms with E-state index < -0.39 is 6.10 Å². The van der Waals surface area contributed by atoms with Gasteiger partial charge < -0.3 is 15.3 Å². The predicted molar refractivity (Wildman–Crippen MR) is 134 cm³/mol. The van der Waals surface area contributed by atoms with Gasteiger partial charge in [0.25, 0.3) is 0 Å². The Morgan fingerprint density at radius 1 is 1.06 bits per heavy atom. The summed E-state index contributed by atoms with van der Waals surface area (Å²) < 4.78 is 0. The number of benzene rings is 2. The van der Waals surface area contributed by atoms with Crippen molar-refractivity contribution in [2.45, 2.75) is 45.3 Å². The molecule has 2 aromatic carbocycles. The van der Waals surface area contributed by atoms with E-state index in [1.165, 1.54) is 0 Å². The highest BCUT2D eigenvalue weighted by Gasteiger charge is 2.31. The summed E-state index contributed by atoms with van der Waals surface area (Å²) in [7, 11) is 0. The minimum atomic E-state index is -0.500. The molecule has 0 amide bonds. The summed E-state index contributed by atoms with van der Waals surface area (Å²) in [6.45, 7) is 8.14. The van der Waals surface area contributed by atoms with Crippen molar-refractivity contribution in [1.82, 2.24) is 15.3 Å². The van der Waals surface area contributed by atoms with Crippen LogP contribution in [0.5, 0.6) is 0 Å². The Morgan fingerprint density at radius 2 is 1.69 bits per heavy atom. The van der Waals surface area contributed by atoms with Gasteiger partial charge in [-0.15, -0.1) is 12.4 Å². The number of aliphatic hydroxyl groups is 1. The summed E-state index contributed by atoms with van der Waals surface area (Å²) in [6.07, 6.45) is 1.76. The lowest BCUT2D eigenvalue weighted by molar-refractivity contribution is 0.170. The van der Waals surface area contributed by atoms with Gasteiger partial charge in [0.15, 0.2) is 0 Å². The Bertz CT molecular complexity index is 1030. The van der Waals surface area contributed by atoms with Crippen LogP contribution in [0.2, 0.25) is 5.02 Å². The van der Waals surface area contributed by atoms with E-state index in [0.29, 0.717) is 12.5 Å². The topological polar surface area (TPSA) is 61.3 Å². The number of fused-ring (bicyclic) bond motifs is 1. The number of hydrogen-bond acceptors (Lipinski definition) is 5. The summed E-state index contributed by atoms with van der Waals surface area (Å²) in [5, 5.41) is 14.5. The van der Waals surface area contributed by atoms with Crippen LogP contribution >= 0.6 is 24.0 Å². The molecule has 1 heterocycles. The highest BCUT2D eigenvalue weighted by Crippen LogP contribution is 2.43. The number of nitrogens with zero attached hydrogens (tertiary/aromatic N) is 3. The number of nitrogens with one attached hydrogen (secondary N) is 1. The van der Waals surface area contributed by atoms with Crippen molar-refractivity contribution in [3.63, 3.8) is 0 Å². The number of rotatable bonds is 7. The van der Waals surface area contributed by atoms with Crippen molar-refractivity contribution < 1.29 is 5.11 Å². The zero-order valence-corrected chi connectivity index (χ0v) is 20.2. The molecule has 2 atom stereocenters. The maximum atomic E-state index is 10.3. The van der Waals surface area contributed by atoms with Crippen molar-refractivity contribution in [3.05, 3.63) is 71.1 Å². The molecular formula is C25H30Cl2N4O. The van der Waals surface area contributed by atoms with Crippen LogP contribution in [0.25, 0.3) is 11.3 Å². The first kappa shape index (κ1) is 24.5. The molecule has 3 aromatic rings. The van der Waals surface area contributed by atoms with Crippen LogP contribution < -0.4 is 10.2 Å². The van der Waals surface area contributed by atoms with Gasteiger partial charge >= 0.3 is 0 Å². The Kier molecular flexibility index (Phi) is 8.12. The highest BCUT2D eigenvalue weighted by molar-refractivity contribution is 6.30. The Hall–Kier alpha value is -2.18. The molecule has 1 aliphatic carbocycles. The van der Waals surface area contributed by atoms with Crippen LogP contribution in [0.1, 0.15) is 50.5 Å². The fraction of sp³-hybridized carbons (Fsp3) is 0.360. The van der Waals surface area contributed by atoms with Crippen molar-refractivity contribution in [3.8, 4) is 11.3 Å². The van der Waals surface area contributed by atoms with E-state index in [4.69, 9.17) is 11.6 Å². The number of halogens is 2. The third-order valence-corrected chi connectivity index (χ3v) is 6.03. The third kappa shape index (κ3) is 5.24. The van der Waals surface area contributed by atoms with Crippen LogP contribution in [0.15, 0.2) is 54.9 Å². The Labute approximate surface area is 201 Å². The molecule has 1 aromatic heterocycles. The van der Waals surface area contributed by atoms with Gasteiger partial charge in [0.2, 0.25) is 0 Å². The van der Waals surface area contributed by atoms with Gasteiger partial charge in [0, 0.05) is 46.7 Å². The van der Waals surface area contributed by atoms with E-state index in [9.17, 15) is 5.11 Å². The van der Waals surface area contributed by atoms with E-state index in [1.54, 1.807) is 6.33 Å². The van der Waals surface area contributed by atoms with Gasteiger partial charge in [-0.2, -0.15) is 0 Å². The first-order chi connectivity index (χ1) is 14.9. The molecule has 170 valence electrons. The molecule has 5 nitrogen and oxygen atoms in total. The van der Waals surface area contributed by atoms with E-state index in [-0.39, 0.29) is 18.3 Å². The van der Waals surface area contributed by atoms with Gasteiger partial charge in [-0.3, -0.25) is 0 Å². The third-order valence-electron chi connectivity index (χ3n) is 5.78.